The normalized spacial score (nSPS) is 18.4. The smallest absolute Gasteiger partial charge is 0.254 e. The Hall–Kier alpha value is -2.11. The minimum Gasteiger partial charge on any atom is -0.472 e. The lowest BCUT2D eigenvalue weighted by Crippen LogP contribution is -2.30. The molecule has 2 amide bonds. The molecule has 6 heteroatoms. The average Bonchev–Trinajstić information content (AvgIpc) is 2.86. The number of likely N-dealkylation sites (tertiary alicyclic amines) is 1. The summed E-state index contributed by atoms with van der Waals surface area (Å²) >= 11 is 0. The van der Waals surface area contributed by atoms with Crippen LogP contribution in [0, 0.1) is 0 Å². The lowest BCUT2D eigenvalue weighted by Gasteiger charge is -2.16. The van der Waals surface area contributed by atoms with Gasteiger partial charge in [0.1, 0.15) is 11.7 Å². The van der Waals surface area contributed by atoms with E-state index in [0.29, 0.717) is 19.5 Å². The van der Waals surface area contributed by atoms with Gasteiger partial charge in [0.25, 0.3) is 5.91 Å². The van der Waals surface area contributed by atoms with Crippen LogP contribution >= 0.6 is 0 Å². The van der Waals surface area contributed by atoms with Crippen LogP contribution in [0.25, 0.3) is 0 Å². The summed E-state index contributed by atoms with van der Waals surface area (Å²) in [5, 5.41) is 0. The van der Waals surface area contributed by atoms with Crippen LogP contribution in [-0.2, 0) is 4.79 Å². The van der Waals surface area contributed by atoms with Crippen molar-refractivity contribution in [1.82, 2.24) is 9.88 Å². The van der Waals surface area contributed by atoms with Gasteiger partial charge in [-0.2, -0.15) is 0 Å². The van der Waals surface area contributed by atoms with E-state index in [-0.39, 0.29) is 23.5 Å². The highest BCUT2D eigenvalue weighted by Gasteiger charge is 2.27. The molecule has 1 saturated heterocycles. The number of hydrogen-bond acceptors (Lipinski definition) is 4. The minimum atomic E-state index is -0.567. The molecule has 1 fully saturated rings. The minimum absolute atomic E-state index is 0.113. The van der Waals surface area contributed by atoms with Crippen LogP contribution in [0.4, 0.5) is 0 Å². The number of hydrogen-bond donors (Lipinski definition) is 1. The summed E-state index contributed by atoms with van der Waals surface area (Å²) in [6.07, 6.45) is 2.64. The van der Waals surface area contributed by atoms with Crippen LogP contribution in [0.15, 0.2) is 18.3 Å². The highest BCUT2D eigenvalue weighted by Crippen LogP contribution is 2.20. The third-order valence-electron chi connectivity index (χ3n) is 3.12. The third-order valence-corrected chi connectivity index (χ3v) is 3.12. The Morgan fingerprint density at radius 1 is 1.58 bits per heavy atom. The van der Waals surface area contributed by atoms with E-state index in [1.165, 1.54) is 0 Å². The predicted molar refractivity (Wildman–Crippen MR) is 68.7 cm³/mol. The summed E-state index contributed by atoms with van der Waals surface area (Å²) < 4.78 is 5.69. The van der Waals surface area contributed by atoms with Crippen molar-refractivity contribution >= 4 is 11.8 Å². The Bertz CT molecular complexity index is 490. The second kappa shape index (κ2) is 5.69. The number of rotatable bonds is 4. The number of carbonyl (C=O) groups excluding carboxylic acids is 2. The molecule has 0 bridgehead atoms. The van der Waals surface area contributed by atoms with Crippen molar-refractivity contribution in [3.8, 4) is 5.88 Å². The van der Waals surface area contributed by atoms with Gasteiger partial charge in [0.2, 0.25) is 11.8 Å². The summed E-state index contributed by atoms with van der Waals surface area (Å²) in [6.45, 7) is 3.04. The zero-order valence-electron chi connectivity index (χ0n) is 10.8. The summed E-state index contributed by atoms with van der Waals surface area (Å²) in [6, 6.07) is 3.21. The zero-order valence-corrected chi connectivity index (χ0v) is 10.8. The summed E-state index contributed by atoms with van der Waals surface area (Å²) in [4.78, 5) is 28.6. The second-order valence-electron chi connectivity index (χ2n) is 4.44. The number of pyridine rings is 1. The van der Waals surface area contributed by atoms with Gasteiger partial charge in [-0.25, -0.2) is 4.98 Å². The summed E-state index contributed by atoms with van der Waals surface area (Å²) in [7, 11) is 0. The number of ether oxygens (including phenoxy) is 1. The van der Waals surface area contributed by atoms with E-state index in [9.17, 15) is 9.59 Å². The van der Waals surface area contributed by atoms with Crippen LogP contribution in [0.3, 0.4) is 0 Å². The molecule has 0 aliphatic carbocycles. The third kappa shape index (κ3) is 3.01. The quantitative estimate of drug-likeness (QED) is 0.860. The van der Waals surface area contributed by atoms with Gasteiger partial charge in [0.05, 0.1) is 6.54 Å². The molecule has 1 aliphatic heterocycles. The van der Waals surface area contributed by atoms with Crippen molar-refractivity contribution in [2.24, 2.45) is 5.73 Å². The van der Waals surface area contributed by atoms with Crippen molar-refractivity contribution in [2.45, 2.75) is 25.9 Å². The SMILES string of the molecule is CCC(=O)N1CCC(Oc2ncccc2C(N)=O)C1. The number of carbonyl (C=O) groups is 2. The molecule has 0 radical (unpaired) electrons. The largest absolute Gasteiger partial charge is 0.472 e. The first-order valence-corrected chi connectivity index (χ1v) is 6.31. The topological polar surface area (TPSA) is 85.5 Å². The molecule has 102 valence electrons. The standard InChI is InChI=1S/C13H17N3O3/c1-2-11(17)16-7-5-9(8-16)19-13-10(12(14)18)4-3-6-15-13/h3-4,6,9H,2,5,7-8H2,1H3,(H2,14,18). The molecule has 1 aliphatic rings. The number of primary amides is 1. The Morgan fingerprint density at radius 2 is 2.37 bits per heavy atom. The fourth-order valence-corrected chi connectivity index (χ4v) is 2.10. The fourth-order valence-electron chi connectivity index (χ4n) is 2.10. The van der Waals surface area contributed by atoms with Crippen molar-refractivity contribution in [2.75, 3.05) is 13.1 Å². The molecule has 1 aromatic rings. The van der Waals surface area contributed by atoms with Gasteiger partial charge in [-0.3, -0.25) is 9.59 Å². The molecule has 2 heterocycles. The maximum absolute atomic E-state index is 11.6. The monoisotopic (exact) mass is 263 g/mol. The first-order chi connectivity index (χ1) is 9.11. The van der Waals surface area contributed by atoms with Crippen molar-refractivity contribution in [3.05, 3.63) is 23.9 Å². The predicted octanol–water partition coefficient (Wildman–Crippen LogP) is 0.570. The fraction of sp³-hybridized carbons (Fsp3) is 0.462. The summed E-state index contributed by atoms with van der Waals surface area (Å²) in [5.41, 5.74) is 5.53. The van der Waals surface area contributed by atoms with E-state index in [1.54, 1.807) is 23.2 Å². The van der Waals surface area contributed by atoms with E-state index in [4.69, 9.17) is 10.5 Å². The molecule has 0 spiro atoms. The molecule has 19 heavy (non-hydrogen) atoms. The second-order valence-corrected chi connectivity index (χ2v) is 4.44. The van der Waals surface area contributed by atoms with E-state index < -0.39 is 5.91 Å². The molecule has 0 saturated carbocycles. The van der Waals surface area contributed by atoms with Gasteiger partial charge in [0, 0.05) is 25.6 Å². The highest BCUT2D eigenvalue weighted by molar-refractivity contribution is 5.94. The Kier molecular flexibility index (Phi) is 3.99. The van der Waals surface area contributed by atoms with Gasteiger partial charge in [0.15, 0.2) is 0 Å². The maximum Gasteiger partial charge on any atom is 0.254 e. The summed E-state index contributed by atoms with van der Waals surface area (Å²) in [5.74, 6) is -0.212. The Balaban J connectivity index is 2.03. The van der Waals surface area contributed by atoms with Crippen LogP contribution < -0.4 is 10.5 Å². The highest BCUT2D eigenvalue weighted by atomic mass is 16.5. The van der Waals surface area contributed by atoms with Gasteiger partial charge in [-0.15, -0.1) is 0 Å². The van der Waals surface area contributed by atoms with Crippen LogP contribution in [-0.4, -0.2) is 40.9 Å². The first kappa shape index (κ1) is 13.3. The van der Waals surface area contributed by atoms with Crippen LogP contribution in [0.5, 0.6) is 5.88 Å². The molecule has 1 atom stereocenters. The van der Waals surface area contributed by atoms with E-state index in [2.05, 4.69) is 4.98 Å². The van der Waals surface area contributed by atoms with E-state index in [0.717, 1.165) is 6.42 Å². The van der Waals surface area contributed by atoms with Crippen molar-refractivity contribution < 1.29 is 14.3 Å². The molecular formula is C13H17N3O3. The lowest BCUT2D eigenvalue weighted by molar-refractivity contribution is -0.130. The van der Waals surface area contributed by atoms with E-state index >= 15 is 0 Å². The van der Waals surface area contributed by atoms with Gasteiger partial charge in [-0.05, 0) is 12.1 Å². The molecular weight excluding hydrogens is 246 g/mol. The lowest BCUT2D eigenvalue weighted by atomic mass is 10.2. The Labute approximate surface area is 111 Å². The number of nitrogens with zero attached hydrogens (tertiary/aromatic N) is 2. The van der Waals surface area contributed by atoms with Gasteiger partial charge < -0.3 is 15.4 Å². The van der Waals surface area contributed by atoms with E-state index in [1.807, 2.05) is 6.92 Å². The van der Waals surface area contributed by atoms with Gasteiger partial charge >= 0.3 is 0 Å². The molecule has 1 aromatic heterocycles. The average molecular weight is 263 g/mol. The number of amides is 2. The van der Waals surface area contributed by atoms with Crippen molar-refractivity contribution in [3.63, 3.8) is 0 Å². The zero-order chi connectivity index (χ0) is 13.8. The van der Waals surface area contributed by atoms with Crippen LogP contribution in [0.2, 0.25) is 0 Å². The molecule has 6 nitrogen and oxygen atoms in total. The first-order valence-electron chi connectivity index (χ1n) is 6.31. The molecule has 1 unspecified atom stereocenters. The molecule has 2 rings (SSSR count). The van der Waals surface area contributed by atoms with Gasteiger partial charge in [-0.1, -0.05) is 6.92 Å². The van der Waals surface area contributed by atoms with Crippen LogP contribution in [0.1, 0.15) is 30.1 Å². The maximum atomic E-state index is 11.6. The molecule has 2 N–H and O–H groups in total. The molecule has 0 aromatic carbocycles. The number of aromatic nitrogens is 1. The van der Waals surface area contributed by atoms with Crippen molar-refractivity contribution in [1.29, 1.82) is 0 Å². The Morgan fingerprint density at radius 3 is 3.05 bits per heavy atom. The number of nitrogens with two attached hydrogens (primary N) is 1.